The molecule has 0 radical (unpaired) electrons. The van der Waals surface area contributed by atoms with Gasteiger partial charge in [-0.25, -0.2) is 0 Å². The molecule has 0 saturated heterocycles. The van der Waals surface area contributed by atoms with Crippen molar-refractivity contribution in [3.05, 3.63) is 66.1 Å². The highest BCUT2D eigenvalue weighted by molar-refractivity contribution is 14.1. The molecule has 0 amide bonds. The van der Waals surface area contributed by atoms with Crippen LogP contribution in [0.15, 0.2) is 51.4 Å². The van der Waals surface area contributed by atoms with E-state index in [1.54, 1.807) is 0 Å². The zero-order valence-electron chi connectivity index (χ0n) is 11.2. The molecule has 0 saturated carbocycles. The number of rotatable bonds is 5. The normalized spacial score (nSPS) is 12.4. The quantitative estimate of drug-likeness (QED) is 0.495. The van der Waals surface area contributed by atoms with E-state index in [-0.39, 0.29) is 6.04 Å². The van der Waals surface area contributed by atoms with Crippen LogP contribution in [0.3, 0.4) is 0 Å². The van der Waals surface area contributed by atoms with E-state index in [2.05, 4.69) is 109 Å². The van der Waals surface area contributed by atoms with Crippen molar-refractivity contribution in [2.75, 3.05) is 6.54 Å². The molecule has 4 heteroatoms. The summed E-state index contributed by atoms with van der Waals surface area (Å²) in [7, 11) is 0. The molecule has 2 aromatic carbocycles. The molecule has 20 heavy (non-hydrogen) atoms. The van der Waals surface area contributed by atoms with E-state index in [0.29, 0.717) is 0 Å². The van der Waals surface area contributed by atoms with E-state index in [1.165, 1.54) is 14.7 Å². The molecule has 0 fully saturated rings. The topological polar surface area (TPSA) is 12.0 Å². The standard InChI is InChI=1S/C16H16Br2IN/c1-2-9-20-16(11-3-6-13(19)7-4-11)14-10-12(17)5-8-15(14)18/h3-8,10,16,20H,2,9H2,1H3. The van der Waals surface area contributed by atoms with E-state index >= 15 is 0 Å². The van der Waals surface area contributed by atoms with Crippen LogP contribution < -0.4 is 5.32 Å². The zero-order chi connectivity index (χ0) is 14.5. The van der Waals surface area contributed by atoms with Crippen LogP contribution in [0.2, 0.25) is 0 Å². The Morgan fingerprint density at radius 2 is 1.80 bits per heavy atom. The predicted octanol–water partition coefficient (Wildman–Crippen LogP) is 5.91. The summed E-state index contributed by atoms with van der Waals surface area (Å²) in [6.45, 7) is 3.18. The first kappa shape index (κ1) is 16.5. The second-order valence-corrected chi connectivity index (χ2v) is 7.62. The Morgan fingerprint density at radius 3 is 2.45 bits per heavy atom. The highest BCUT2D eigenvalue weighted by Crippen LogP contribution is 2.31. The molecule has 1 atom stereocenters. The minimum Gasteiger partial charge on any atom is -0.306 e. The summed E-state index contributed by atoms with van der Waals surface area (Å²) in [4.78, 5) is 0. The van der Waals surface area contributed by atoms with Gasteiger partial charge in [-0.15, -0.1) is 0 Å². The van der Waals surface area contributed by atoms with E-state index in [1.807, 2.05) is 0 Å². The van der Waals surface area contributed by atoms with E-state index in [0.717, 1.165) is 21.9 Å². The summed E-state index contributed by atoms with van der Waals surface area (Å²) in [5.41, 5.74) is 2.55. The van der Waals surface area contributed by atoms with Crippen LogP contribution in [-0.2, 0) is 0 Å². The summed E-state index contributed by atoms with van der Waals surface area (Å²) < 4.78 is 3.49. The van der Waals surface area contributed by atoms with Crippen molar-refractivity contribution in [3.63, 3.8) is 0 Å². The lowest BCUT2D eigenvalue weighted by atomic mass is 9.98. The third-order valence-corrected chi connectivity index (χ3v) is 5.01. The second-order valence-electron chi connectivity index (χ2n) is 4.60. The van der Waals surface area contributed by atoms with E-state index in [9.17, 15) is 0 Å². The van der Waals surface area contributed by atoms with Gasteiger partial charge in [0.2, 0.25) is 0 Å². The number of hydrogen-bond acceptors (Lipinski definition) is 1. The molecular formula is C16H16Br2IN. The van der Waals surface area contributed by atoms with Gasteiger partial charge in [-0.3, -0.25) is 0 Å². The Morgan fingerprint density at radius 1 is 1.10 bits per heavy atom. The van der Waals surface area contributed by atoms with Gasteiger partial charge in [0.1, 0.15) is 0 Å². The highest BCUT2D eigenvalue weighted by atomic mass is 127. The fourth-order valence-corrected chi connectivity index (χ4v) is 3.30. The molecule has 1 nitrogen and oxygen atoms in total. The molecule has 0 aliphatic rings. The summed E-state index contributed by atoms with van der Waals surface area (Å²) in [6, 6.07) is 15.2. The number of halogens is 3. The van der Waals surface area contributed by atoms with Crippen LogP contribution >= 0.6 is 54.5 Å². The van der Waals surface area contributed by atoms with Crippen molar-refractivity contribution >= 4 is 54.5 Å². The van der Waals surface area contributed by atoms with Gasteiger partial charge in [0, 0.05) is 12.5 Å². The van der Waals surface area contributed by atoms with Crippen LogP contribution in [0.1, 0.15) is 30.5 Å². The SMILES string of the molecule is CCCNC(c1ccc(I)cc1)c1cc(Br)ccc1Br. The first-order chi connectivity index (χ1) is 9.61. The molecule has 106 valence electrons. The fraction of sp³-hybridized carbons (Fsp3) is 0.250. The average Bonchev–Trinajstić information content (AvgIpc) is 2.44. The lowest BCUT2D eigenvalue weighted by Crippen LogP contribution is -2.23. The fourth-order valence-electron chi connectivity index (χ4n) is 2.09. The van der Waals surface area contributed by atoms with Gasteiger partial charge < -0.3 is 5.32 Å². The maximum absolute atomic E-state index is 3.67. The molecule has 2 rings (SSSR count). The number of nitrogens with one attached hydrogen (secondary N) is 1. The van der Waals surface area contributed by atoms with Crippen LogP contribution in [0, 0.1) is 3.57 Å². The summed E-state index contributed by atoms with van der Waals surface area (Å²) in [6.07, 6.45) is 1.12. The Bertz CT molecular complexity index is 569. The lowest BCUT2D eigenvalue weighted by Gasteiger charge is -2.21. The monoisotopic (exact) mass is 507 g/mol. The van der Waals surface area contributed by atoms with Gasteiger partial charge in [0.25, 0.3) is 0 Å². The van der Waals surface area contributed by atoms with Crippen molar-refractivity contribution in [1.82, 2.24) is 5.32 Å². The molecule has 0 spiro atoms. The van der Waals surface area contributed by atoms with Gasteiger partial charge in [0.05, 0.1) is 6.04 Å². The Balaban J connectivity index is 2.41. The van der Waals surface area contributed by atoms with E-state index < -0.39 is 0 Å². The molecular weight excluding hydrogens is 493 g/mol. The first-order valence-corrected chi connectivity index (χ1v) is 9.22. The minimum atomic E-state index is 0.207. The Labute approximate surface area is 150 Å². The molecule has 0 bridgehead atoms. The number of hydrogen-bond donors (Lipinski definition) is 1. The molecule has 0 heterocycles. The summed E-state index contributed by atoms with van der Waals surface area (Å²) in [5, 5.41) is 3.64. The van der Waals surface area contributed by atoms with Gasteiger partial charge >= 0.3 is 0 Å². The van der Waals surface area contributed by atoms with Crippen molar-refractivity contribution in [2.24, 2.45) is 0 Å². The molecule has 1 N–H and O–H groups in total. The van der Waals surface area contributed by atoms with Crippen LogP contribution in [0.25, 0.3) is 0 Å². The summed E-state index contributed by atoms with van der Waals surface area (Å²) in [5.74, 6) is 0. The maximum atomic E-state index is 3.67. The van der Waals surface area contributed by atoms with Crippen LogP contribution in [-0.4, -0.2) is 6.54 Å². The predicted molar refractivity (Wildman–Crippen MR) is 101 cm³/mol. The minimum absolute atomic E-state index is 0.207. The zero-order valence-corrected chi connectivity index (χ0v) is 16.5. The van der Waals surface area contributed by atoms with Gasteiger partial charge in [-0.05, 0) is 77.0 Å². The van der Waals surface area contributed by atoms with Crippen molar-refractivity contribution in [1.29, 1.82) is 0 Å². The lowest BCUT2D eigenvalue weighted by molar-refractivity contribution is 0.596. The van der Waals surface area contributed by atoms with Crippen LogP contribution in [0.4, 0.5) is 0 Å². The van der Waals surface area contributed by atoms with Gasteiger partial charge in [-0.1, -0.05) is 50.9 Å². The largest absolute Gasteiger partial charge is 0.306 e. The molecule has 0 aromatic heterocycles. The Kier molecular flexibility index (Phi) is 6.52. The van der Waals surface area contributed by atoms with Crippen molar-refractivity contribution in [2.45, 2.75) is 19.4 Å². The molecule has 2 aromatic rings. The highest BCUT2D eigenvalue weighted by Gasteiger charge is 2.16. The molecule has 1 unspecified atom stereocenters. The third-order valence-electron chi connectivity index (χ3n) is 3.07. The second kappa shape index (κ2) is 7.92. The van der Waals surface area contributed by atoms with E-state index in [4.69, 9.17) is 0 Å². The molecule has 0 aliphatic carbocycles. The number of benzene rings is 2. The first-order valence-electron chi connectivity index (χ1n) is 6.55. The Hall–Kier alpha value is 0.0900. The maximum Gasteiger partial charge on any atom is 0.0588 e. The smallest absolute Gasteiger partial charge is 0.0588 e. The van der Waals surface area contributed by atoms with Gasteiger partial charge in [-0.2, -0.15) is 0 Å². The third kappa shape index (κ3) is 4.29. The summed E-state index contributed by atoms with van der Waals surface area (Å²) >= 11 is 9.58. The van der Waals surface area contributed by atoms with Gasteiger partial charge in [0.15, 0.2) is 0 Å². The van der Waals surface area contributed by atoms with Crippen LogP contribution in [0.5, 0.6) is 0 Å². The van der Waals surface area contributed by atoms with Crippen molar-refractivity contribution < 1.29 is 0 Å². The molecule has 0 aliphatic heterocycles. The average molecular weight is 509 g/mol. The van der Waals surface area contributed by atoms with Crippen molar-refractivity contribution in [3.8, 4) is 0 Å².